The number of halogens is 1. The lowest BCUT2D eigenvalue weighted by Crippen LogP contribution is -3.00. The first kappa shape index (κ1) is 18.4. The number of hydrogen-bond donors (Lipinski definition) is 0. The van der Waals surface area contributed by atoms with Crippen LogP contribution in [-0.4, -0.2) is 16.8 Å². The van der Waals surface area contributed by atoms with Crippen LogP contribution in [0.5, 0.6) is 0 Å². The summed E-state index contributed by atoms with van der Waals surface area (Å²) in [7, 11) is 0. The van der Waals surface area contributed by atoms with E-state index in [9.17, 15) is 0 Å². The Bertz CT molecular complexity index is 728. The maximum absolute atomic E-state index is 2.57. The molecule has 0 fully saturated rings. The monoisotopic (exact) mass is 421 g/mol. The van der Waals surface area contributed by atoms with Gasteiger partial charge in [-0.3, -0.25) is 0 Å². The quantitative estimate of drug-likeness (QED) is 0.397. The average Bonchev–Trinajstić information content (AvgIpc) is 2.72. The molecule has 1 heterocycles. The third-order valence-corrected chi connectivity index (χ3v) is 5.37. The first-order chi connectivity index (χ1) is 10.6. The summed E-state index contributed by atoms with van der Waals surface area (Å²) in [6, 6.07) is 13.4. The highest BCUT2D eigenvalue weighted by Gasteiger charge is 2.43. The second kappa shape index (κ2) is 7.33. The highest BCUT2D eigenvalue weighted by atomic mass is 127. The third-order valence-electron chi connectivity index (χ3n) is 5.37. The zero-order valence-electron chi connectivity index (χ0n) is 14.8. The Labute approximate surface area is 157 Å². The fraction of sp³-hybridized carbons (Fsp3) is 0.476. The largest absolute Gasteiger partial charge is 1.00 e. The fourth-order valence-electron chi connectivity index (χ4n) is 3.83. The zero-order chi connectivity index (χ0) is 15.7. The predicted molar refractivity (Wildman–Crippen MR) is 96.6 cm³/mol. The van der Waals surface area contributed by atoms with Gasteiger partial charge in [0, 0.05) is 25.0 Å². The Morgan fingerprint density at radius 1 is 0.957 bits per heavy atom. The molecule has 2 aromatic carbocycles. The van der Waals surface area contributed by atoms with Crippen molar-refractivity contribution in [2.24, 2.45) is 0 Å². The van der Waals surface area contributed by atoms with Gasteiger partial charge in [0.15, 0.2) is 5.71 Å². The molecule has 0 aromatic heterocycles. The topological polar surface area (TPSA) is 3.01 Å². The minimum atomic E-state index is 0. The molecule has 1 aliphatic heterocycles. The third kappa shape index (κ3) is 3.19. The molecule has 0 radical (unpaired) electrons. The highest BCUT2D eigenvalue weighted by Crippen LogP contribution is 2.43. The van der Waals surface area contributed by atoms with Crippen LogP contribution < -0.4 is 24.0 Å². The van der Waals surface area contributed by atoms with E-state index in [2.05, 4.69) is 68.7 Å². The van der Waals surface area contributed by atoms with E-state index in [1.165, 1.54) is 53.4 Å². The molecule has 1 aliphatic rings. The molecule has 2 heteroatoms. The highest BCUT2D eigenvalue weighted by molar-refractivity contribution is 6.01. The summed E-state index contributed by atoms with van der Waals surface area (Å²) < 4.78 is 2.57. The van der Waals surface area contributed by atoms with Crippen LogP contribution in [0.4, 0.5) is 5.69 Å². The Morgan fingerprint density at radius 2 is 1.70 bits per heavy atom. The van der Waals surface area contributed by atoms with Crippen molar-refractivity contribution in [2.75, 3.05) is 6.54 Å². The standard InChI is InChI=1S/C21H28N.HI/c1-5-6-7-10-15-22-16(2)21(3,4)20-18-12-9-8-11-17(18)13-14-19(20)22;/h8-9,11-14H,5-7,10,15H2,1-4H3;1H/q+1;/p-1. The van der Waals surface area contributed by atoms with E-state index in [1.54, 1.807) is 0 Å². The van der Waals surface area contributed by atoms with E-state index >= 15 is 0 Å². The van der Waals surface area contributed by atoms with Gasteiger partial charge in [0.1, 0.15) is 6.54 Å². The summed E-state index contributed by atoms with van der Waals surface area (Å²) in [5, 5.41) is 2.77. The molecule has 0 N–H and O–H groups in total. The van der Waals surface area contributed by atoms with Gasteiger partial charge in [0.2, 0.25) is 5.69 Å². The van der Waals surface area contributed by atoms with Gasteiger partial charge in [-0.1, -0.05) is 44.0 Å². The van der Waals surface area contributed by atoms with Gasteiger partial charge in [0.25, 0.3) is 0 Å². The van der Waals surface area contributed by atoms with Gasteiger partial charge in [-0.25, -0.2) is 0 Å². The first-order valence-electron chi connectivity index (χ1n) is 8.71. The first-order valence-corrected chi connectivity index (χ1v) is 8.71. The van der Waals surface area contributed by atoms with E-state index in [-0.39, 0.29) is 29.4 Å². The molecule has 23 heavy (non-hydrogen) atoms. The van der Waals surface area contributed by atoms with Gasteiger partial charge >= 0.3 is 0 Å². The molecule has 0 aliphatic carbocycles. The van der Waals surface area contributed by atoms with Crippen LogP contribution >= 0.6 is 0 Å². The maximum Gasteiger partial charge on any atom is 0.210 e. The lowest BCUT2D eigenvalue weighted by molar-refractivity contribution is -0.439. The molecule has 2 aromatic rings. The predicted octanol–water partition coefficient (Wildman–Crippen LogP) is 2.82. The van der Waals surface area contributed by atoms with E-state index in [0.29, 0.717) is 0 Å². The second-order valence-electron chi connectivity index (χ2n) is 7.10. The Hall–Kier alpha value is -0.900. The van der Waals surface area contributed by atoms with Crippen molar-refractivity contribution in [3.63, 3.8) is 0 Å². The van der Waals surface area contributed by atoms with Crippen LogP contribution in [0, 0.1) is 0 Å². The Balaban J connectivity index is 0.00000192. The Morgan fingerprint density at radius 3 is 2.43 bits per heavy atom. The molecule has 0 spiro atoms. The second-order valence-corrected chi connectivity index (χ2v) is 7.10. The van der Waals surface area contributed by atoms with Crippen molar-refractivity contribution in [3.8, 4) is 0 Å². The fourth-order valence-corrected chi connectivity index (χ4v) is 3.83. The molecular weight excluding hydrogens is 393 g/mol. The molecular formula is C21H28IN. The molecule has 0 unspecified atom stereocenters. The molecule has 0 saturated heterocycles. The average molecular weight is 421 g/mol. The molecule has 0 atom stereocenters. The molecule has 0 saturated carbocycles. The molecule has 1 nitrogen and oxygen atoms in total. The minimum Gasteiger partial charge on any atom is -1.00 e. The lowest BCUT2D eigenvalue weighted by Gasteiger charge is -2.17. The normalized spacial score (nSPS) is 15.7. The van der Waals surface area contributed by atoms with Crippen molar-refractivity contribution >= 4 is 22.2 Å². The van der Waals surface area contributed by atoms with Gasteiger partial charge in [-0.05, 0) is 37.1 Å². The summed E-state index contributed by atoms with van der Waals surface area (Å²) >= 11 is 0. The van der Waals surface area contributed by atoms with Crippen LogP contribution in [-0.2, 0) is 5.41 Å². The van der Waals surface area contributed by atoms with Gasteiger partial charge in [0.05, 0.1) is 5.41 Å². The van der Waals surface area contributed by atoms with E-state index in [4.69, 9.17) is 0 Å². The van der Waals surface area contributed by atoms with Crippen LogP contribution in [0.15, 0.2) is 36.4 Å². The van der Waals surface area contributed by atoms with Crippen molar-refractivity contribution in [1.29, 1.82) is 0 Å². The minimum absolute atomic E-state index is 0. The van der Waals surface area contributed by atoms with Crippen molar-refractivity contribution in [1.82, 2.24) is 0 Å². The van der Waals surface area contributed by atoms with Crippen molar-refractivity contribution < 1.29 is 28.6 Å². The summed E-state index contributed by atoms with van der Waals surface area (Å²) in [6.45, 7) is 10.5. The van der Waals surface area contributed by atoms with E-state index in [0.717, 1.165) is 6.54 Å². The molecule has 0 amide bonds. The number of fused-ring (bicyclic) bond motifs is 3. The van der Waals surface area contributed by atoms with Crippen molar-refractivity contribution in [2.45, 2.75) is 58.8 Å². The number of benzene rings is 2. The molecule has 0 bridgehead atoms. The van der Waals surface area contributed by atoms with Crippen LogP contribution in [0.2, 0.25) is 0 Å². The van der Waals surface area contributed by atoms with Crippen LogP contribution in [0.25, 0.3) is 10.8 Å². The zero-order valence-corrected chi connectivity index (χ0v) is 17.0. The van der Waals surface area contributed by atoms with E-state index < -0.39 is 0 Å². The number of rotatable bonds is 5. The molecule has 3 rings (SSSR count). The van der Waals surface area contributed by atoms with Crippen molar-refractivity contribution in [3.05, 3.63) is 42.0 Å². The van der Waals surface area contributed by atoms with Gasteiger partial charge < -0.3 is 24.0 Å². The number of hydrogen-bond acceptors (Lipinski definition) is 0. The van der Waals surface area contributed by atoms with Gasteiger partial charge in [-0.15, -0.1) is 0 Å². The summed E-state index contributed by atoms with van der Waals surface area (Å²) in [4.78, 5) is 0. The number of nitrogens with zero attached hydrogens (tertiary/aromatic N) is 1. The van der Waals surface area contributed by atoms with Crippen LogP contribution in [0.3, 0.4) is 0 Å². The smallest absolute Gasteiger partial charge is 0.210 e. The Kier molecular flexibility index (Phi) is 5.88. The summed E-state index contributed by atoms with van der Waals surface area (Å²) in [5.41, 5.74) is 4.56. The van der Waals surface area contributed by atoms with Gasteiger partial charge in [-0.2, -0.15) is 4.58 Å². The lowest BCUT2D eigenvalue weighted by atomic mass is 9.80. The molecule has 124 valence electrons. The number of unbranched alkanes of at least 4 members (excludes halogenated alkanes) is 3. The van der Waals surface area contributed by atoms with E-state index in [1.807, 2.05) is 0 Å². The van der Waals surface area contributed by atoms with Crippen LogP contribution in [0.1, 0.15) is 58.9 Å². The maximum atomic E-state index is 2.57. The summed E-state index contributed by atoms with van der Waals surface area (Å²) in [6.07, 6.45) is 5.27. The summed E-state index contributed by atoms with van der Waals surface area (Å²) in [5.74, 6) is 0. The SMILES string of the molecule is CCCCCC[N+]1=C(C)C(C)(C)c2c1ccc1ccccc21.[I-].